The van der Waals surface area contributed by atoms with Crippen molar-refractivity contribution in [3.8, 4) is 0 Å². The molecule has 0 aliphatic heterocycles. The molecule has 0 aliphatic carbocycles. The van der Waals surface area contributed by atoms with Crippen LogP contribution in [0.2, 0.25) is 0 Å². The van der Waals surface area contributed by atoms with Gasteiger partial charge in [0, 0.05) is 13.1 Å². The molecule has 0 amide bonds. The maximum atomic E-state index is 12.5. The lowest BCUT2D eigenvalue weighted by atomic mass is 10.1. The van der Waals surface area contributed by atoms with E-state index in [1.54, 1.807) is 25.2 Å². The van der Waals surface area contributed by atoms with Gasteiger partial charge in [-0.05, 0) is 18.2 Å². The van der Waals surface area contributed by atoms with Crippen molar-refractivity contribution in [2.24, 2.45) is 7.05 Å². The molecule has 0 spiro atoms. The van der Waals surface area contributed by atoms with Crippen LogP contribution in [0, 0.1) is 10.1 Å². The average molecular weight is 332 g/mol. The second kappa shape index (κ2) is 5.43. The van der Waals surface area contributed by atoms with Crippen molar-refractivity contribution in [2.75, 3.05) is 0 Å². The highest BCUT2D eigenvalue weighted by atomic mass is 32.2. The first-order valence-electron chi connectivity index (χ1n) is 6.63. The topological polar surface area (TPSA) is 108 Å². The van der Waals surface area contributed by atoms with E-state index in [9.17, 15) is 18.5 Å². The summed E-state index contributed by atoms with van der Waals surface area (Å²) in [5, 5.41) is 18.9. The summed E-state index contributed by atoms with van der Waals surface area (Å²) in [7, 11) is -2.10. The molecule has 0 aliphatic rings. The molecule has 2 aromatic carbocycles. The number of aryl methyl sites for hydroxylation is 1. The van der Waals surface area contributed by atoms with Crippen LogP contribution >= 0.6 is 0 Å². The van der Waals surface area contributed by atoms with E-state index >= 15 is 0 Å². The molecule has 0 radical (unpaired) electrons. The summed E-state index contributed by atoms with van der Waals surface area (Å²) in [4.78, 5) is 10.7. The van der Waals surface area contributed by atoms with Crippen molar-refractivity contribution in [1.29, 1.82) is 0 Å². The van der Waals surface area contributed by atoms with Crippen LogP contribution in [0.3, 0.4) is 0 Å². The maximum absolute atomic E-state index is 12.5. The molecule has 0 saturated heterocycles. The minimum Gasteiger partial charge on any atom is -0.258 e. The Morgan fingerprint density at radius 3 is 2.52 bits per heavy atom. The molecule has 0 N–H and O–H groups in total. The predicted octanol–water partition coefficient (Wildman–Crippen LogP) is 1.85. The predicted molar refractivity (Wildman–Crippen MR) is 82.5 cm³/mol. The maximum Gasteiger partial charge on any atom is 0.276 e. The zero-order valence-electron chi connectivity index (χ0n) is 12.1. The number of nitro benzene ring substituents is 1. The first-order valence-corrected chi connectivity index (χ1v) is 8.29. The molecule has 9 heteroatoms. The quantitative estimate of drug-likeness (QED) is 0.533. The average Bonchev–Trinajstić information content (AvgIpc) is 2.90. The van der Waals surface area contributed by atoms with Gasteiger partial charge in [-0.15, -0.1) is 5.10 Å². The zero-order valence-corrected chi connectivity index (χ0v) is 12.9. The minimum absolute atomic E-state index is 0.0458. The molecular formula is C14H12N4O4S. The van der Waals surface area contributed by atoms with Crippen LogP contribution < -0.4 is 0 Å². The highest BCUT2D eigenvalue weighted by Crippen LogP contribution is 2.29. The van der Waals surface area contributed by atoms with Gasteiger partial charge >= 0.3 is 0 Å². The molecule has 8 nitrogen and oxygen atoms in total. The largest absolute Gasteiger partial charge is 0.276 e. The van der Waals surface area contributed by atoms with Crippen molar-refractivity contribution in [3.63, 3.8) is 0 Å². The van der Waals surface area contributed by atoms with Crippen LogP contribution in [0.5, 0.6) is 0 Å². The van der Waals surface area contributed by atoms with E-state index in [2.05, 4.69) is 10.3 Å². The zero-order chi connectivity index (χ0) is 16.6. The number of aromatic nitrogens is 3. The van der Waals surface area contributed by atoms with Crippen LogP contribution in [0.4, 0.5) is 5.69 Å². The number of benzene rings is 2. The Bertz CT molecular complexity index is 996. The number of fused-ring (bicyclic) bond motifs is 1. The lowest BCUT2D eigenvalue weighted by molar-refractivity contribution is -0.385. The van der Waals surface area contributed by atoms with Crippen molar-refractivity contribution in [2.45, 2.75) is 10.6 Å². The summed E-state index contributed by atoms with van der Waals surface area (Å²) < 4.78 is 26.5. The van der Waals surface area contributed by atoms with Gasteiger partial charge in [-0.25, -0.2) is 13.1 Å². The molecule has 1 aromatic heterocycles. The summed E-state index contributed by atoms with van der Waals surface area (Å²) in [6, 6.07) is 10.6. The first kappa shape index (κ1) is 15.1. The summed E-state index contributed by atoms with van der Waals surface area (Å²) >= 11 is 0. The fraction of sp³-hybridized carbons (Fsp3) is 0.143. The van der Waals surface area contributed by atoms with Gasteiger partial charge in [0.15, 0.2) is 9.84 Å². The van der Waals surface area contributed by atoms with Crippen LogP contribution in [-0.4, -0.2) is 28.3 Å². The Morgan fingerprint density at radius 2 is 1.87 bits per heavy atom. The van der Waals surface area contributed by atoms with Crippen molar-refractivity contribution < 1.29 is 13.3 Å². The van der Waals surface area contributed by atoms with Crippen LogP contribution in [0.25, 0.3) is 11.0 Å². The number of rotatable bonds is 4. The first-order chi connectivity index (χ1) is 10.9. The smallest absolute Gasteiger partial charge is 0.258 e. The van der Waals surface area contributed by atoms with Crippen LogP contribution in [0.15, 0.2) is 47.4 Å². The van der Waals surface area contributed by atoms with Crippen molar-refractivity contribution >= 4 is 26.6 Å². The van der Waals surface area contributed by atoms with E-state index in [0.29, 0.717) is 5.52 Å². The van der Waals surface area contributed by atoms with Gasteiger partial charge in [-0.3, -0.25) is 10.1 Å². The van der Waals surface area contributed by atoms with E-state index in [-0.39, 0.29) is 21.7 Å². The Labute approximate surface area is 131 Å². The lowest BCUT2D eigenvalue weighted by Gasteiger charge is -2.06. The third kappa shape index (κ3) is 2.66. The van der Waals surface area contributed by atoms with E-state index in [4.69, 9.17) is 0 Å². The number of sulfone groups is 1. The van der Waals surface area contributed by atoms with E-state index in [1.165, 1.54) is 28.9 Å². The van der Waals surface area contributed by atoms with E-state index in [1.807, 2.05) is 0 Å². The van der Waals surface area contributed by atoms with Crippen LogP contribution in [0.1, 0.15) is 5.56 Å². The van der Waals surface area contributed by atoms with Gasteiger partial charge in [-0.1, -0.05) is 23.4 Å². The van der Waals surface area contributed by atoms with Gasteiger partial charge in [0.25, 0.3) is 5.69 Å². The van der Waals surface area contributed by atoms with Gasteiger partial charge in [0.2, 0.25) is 0 Å². The fourth-order valence-corrected chi connectivity index (χ4v) is 3.76. The molecule has 23 heavy (non-hydrogen) atoms. The molecule has 0 unspecified atom stereocenters. The Hall–Kier alpha value is -2.81. The Kier molecular flexibility index (Phi) is 3.57. The monoisotopic (exact) mass is 332 g/mol. The highest BCUT2D eigenvalue weighted by Gasteiger charge is 2.26. The van der Waals surface area contributed by atoms with Crippen LogP contribution in [-0.2, 0) is 22.6 Å². The summed E-state index contributed by atoms with van der Waals surface area (Å²) in [5.41, 5.74) is 0.525. The standard InChI is InChI=1S/C14H12N4O4S/c1-17-13-8-7-12(18(19)20)11(14(13)15-16-17)9-23(21,22)10-5-3-2-4-6-10/h2-8H,9H2,1H3. The second-order valence-electron chi connectivity index (χ2n) is 4.97. The van der Waals surface area contributed by atoms with E-state index < -0.39 is 20.5 Å². The number of hydrogen-bond donors (Lipinski definition) is 0. The molecule has 0 saturated carbocycles. The number of nitrogens with zero attached hydrogens (tertiary/aromatic N) is 4. The Morgan fingerprint density at radius 1 is 1.17 bits per heavy atom. The minimum atomic E-state index is -3.73. The normalized spacial score (nSPS) is 11.7. The molecule has 0 bridgehead atoms. The van der Waals surface area contributed by atoms with Crippen molar-refractivity contribution in [1.82, 2.24) is 15.0 Å². The molecule has 118 valence electrons. The van der Waals surface area contributed by atoms with Gasteiger partial charge in [0.05, 0.1) is 26.7 Å². The molecule has 0 atom stereocenters. The lowest BCUT2D eigenvalue weighted by Crippen LogP contribution is -2.08. The Balaban J connectivity index is 2.19. The molecule has 1 heterocycles. The second-order valence-corrected chi connectivity index (χ2v) is 6.96. The third-order valence-electron chi connectivity index (χ3n) is 3.50. The molecular weight excluding hydrogens is 320 g/mol. The number of nitro groups is 1. The van der Waals surface area contributed by atoms with E-state index in [0.717, 1.165) is 0 Å². The van der Waals surface area contributed by atoms with Crippen molar-refractivity contribution in [3.05, 3.63) is 58.1 Å². The highest BCUT2D eigenvalue weighted by molar-refractivity contribution is 7.90. The summed E-state index contributed by atoms with van der Waals surface area (Å²) in [6.45, 7) is 0. The van der Waals surface area contributed by atoms with Gasteiger partial charge in [0.1, 0.15) is 5.52 Å². The fourth-order valence-electron chi connectivity index (χ4n) is 2.36. The molecule has 3 rings (SSSR count). The molecule has 3 aromatic rings. The molecule has 0 fully saturated rings. The van der Waals surface area contributed by atoms with Gasteiger partial charge in [-0.2, -0.15) is 0 Å². The number of hydrogen-bond acceptors (Lipinski definition) is 6. The summed E-state index contributed by atoms with van der Waals surface area (Å²) in [5.74, 6) is -0.511. The SMILES string of the molecule is Cn1nnc2c(CS(=O)(=O)c3ccccc3)c([N+](=O)[O-])ccc21. The summed E-state index contributed by atoms with van der Waals surface area (Å²) in [6.07, 6.45) is 0. The third-order valence-corrected chi connectivity index (χ3v) is 5.16. The van der Waals surface area contributed by atoms with Gasteiger partial charge < -0.3 is 0 Å².